The number of benzene rings is 1. The van der Waals surface area contributed by atoms with Crippen LogP contribution in [0, 0.1) is 0 Å². The van der Waals surface area contributed by atoms with Gasteiger partial charge in [0.25, 0.3) is 0 Å². The molecule has 1 heterocycles. The number of nitrogens with zero attached hydrogens (tertiary/aromatic N) is 1. The summed E-state index contributed by atoms with van der Waals surface area (Å²) >= 11 is 1.81. The Hall–Kier alpha value is -0.510. The van der Waals surface area contributed by atoms with E-state index >= 15 is 0 Å². The minimum Gasteiger partial charge on any atom is -0.315 e. The van der Waals surface area contributed by atoms with E-state index in [4.69, 9.17) is 0 Å². The summed E-state index contributed by atoms with van der Waals surface area (Å²) < 4.78 is 0. The predicted octanol–water partition coefficient (Wildman–Crippen LogP) is 3.54. The highest BCUT2D eigenvalue weighted by Gasteiger charge is 2.26. The Kier molecular flexibility index (Phi) is 5.74. The third-order valence-corrected chi connectivity index (χ3v) is 4.82. The second kappa shape index (κ2) is 7.32. The monoisotopic (exact) mass is 278 g/mol. The van der Waals surface area contributed by atoms with Crippen molar-refractivity contribution in [2.45, 2.75) is 43.7 Å². The second-order valence-electron chi connectivity index (χ2n) is 5.33. The molecule has 1 aliphatic heterocycles. The van der Waals surface area contributed by atoms with Gasteiger partial charge in [-0.25, -0.2) is 0 Å². The summed E-state index contributed by atoms with van der Waals surface area (Å²) in [5, 5.41) is 3.49. The maximum Gasteiger partial charge on any atom is 0.0323 e. The summed E-state index contributed by atoms with van der Waals surface area (Å²) in [4.78, 5) is 4.02. The van der Waals surface area contributed by atoms with E-state index < -0.39 is 0 Å². The van der Waals surface area contributed by atoms with Crippen LogP contribution in [0.15, 0.2) is 29.2 Å². The molecule has 2 nitrogen and oxygen atoms in total. The fraction of sp³-hybridized carbons (Fsp3) is 0.625. The van der Waals surface area contributed by atoms with Gasteiger partial charge in [0.2, 0.25) is 0 Å². The summed E-state index contributed by atoms with van der Waals surface area (Å²) in [6.45, 7) is 8.13. The molecule has 1 saturated heterocycles. The lowest BCUT2D eigenvalue weighted by Gasteiger charge is -2.34. The maximum absolute atomic E-state index is 3.49. The third-order valence-electron chi connectivity index (χ3n) is 4.08. The molecular weight excluding hydrogens is 252 g/mol. The van der Waals surface area contributed by atoms with Crippen LogP contribution in [0.1, 0.15) is 38.3 Å². The minimum absolute atomic E-state index is 0.515. The first-order valence-corrected chi connectivity index (χ1v) is 8.59. The van der Waals surface area contributed by atoms with Crippen molar-refractivity contribution in [3.8, 4) is 0 Å². The molecule has 2 rings (SSSR count). The van der Waals surface area contributed by atoms with Gasteiger partial charge in [-0.15, -0.1) is 11.8 Å². The second-order valence-corrected chi connectivity index (χ2v) is 6.21. The quantitative estimate of drug-likeness (QED) is 0.801. The lowest BCUT2D eigenvalue weighted by molar-refractivity contribution is 0.153. The van der Waals surface area contributed by atoms with Crippen molar-refractivity contribution < 1.29 is 0 Å². The molecule has 106 valence electrons. The third kappa shape index (κ3) is 3.74. The van der Waals surface area contributed by atoms with E-state index in [1.165, 1.54) is 36.4 Å². The number of hydrogen-bond acceptors (Lipinski definition) is 3. The molecular formula is C16H26N2S. The van der Waals surface area contributed by atoms with Gasteiger partial charge in [-0.3, -0.25) is 4.90 Å². The molecule has 3 heteroatoms. The van der Waals surface area contributed by atoms with Crippen LogP contribution in [0.25, 0.3) is 0 Å². The van der Waals surface area contributed by atoms with Crippen LogP contribution in [-0.2, 0) is 0 Å². The normalized spacial score (nSPS) is 20.9. The molecule has 0 saturated carbocycles. The molecule has 0 aromatic heterocycles. The Bertz CT molecular complexity index is 371. The molecule has 0 bridgehead atoms. The highest BCUT2D eigenvalue weighted by molar-refractivity contribution is 7.98. The molecule has 1 aromatic carbocycles. The Balaban J connectivity index is 2.10. The van der Waals surface area contributed by atoms with Gasteiger partial charge < -0.3 is 5.32 Å². The fourth-order valence-corrected chi connectivity index (χ4v) is 3.36. The van der Waals surface area contributed by atoms with Crippen LogP contribution < -0.4 is 5.32 Å². The van der Waals surface area contributed by atoms with E-state index in [-0.39, 0.29) is 0 Å². The van der Waals surface area contributed by atoms with Crippen molar-refractivity contribution in [3.63, 3.8) is 0 Å². The van der Waals surface area contributed by atoms with Gasteiger partial charge in [0, 0.05) is 23.5 Å². The van der Waals surface area contributed by atoms with Gasteiger partial charge in [-0.2, -0.15) is 0 Å². The van der Waals surface area contributed by atoms with Gasteiger partial charge in [-0.1, -0.05) is 19.1 Å². The smallest absolute Gasteiger partial charge is 0.0323 e. The van der Waals surface area contributed by atoms with Gasteiger partial charge in [0.1, 0.15) is 0 Å². The van der Waals surface area contributed by atoms with Crippen molar-refractivity contribution in [2.75, 3.05) is 25.9 Å². The van der Waals surface area contributed by atoms with Crippen LogP contribution in [0.5, 0.6) is 0 Å². The van der Waals surface area contributed by atoms with E-state index in [9.17, 15) is 0 Å². The Morgan fingerprint density at radius 2 is 2.11 bits per heavy atom. The highest BCUT2D eigenvalue weighted by atomic mass is 32.2. The zero-order chi connectivity index (χ0) is 13.7. The van der Waals surface area contributed by atoms with Gasteiger partial charge >= 0.3 is 0 Å². The minimum atomic E-state index is 0.515. The first-order valence-electron chi connectivity index (χ1n) is 7.36. The molecule has 1 aromatic rings. The van der Waals surface area contributed by atoms with Crippen molar-refractivity contribution in [2.24, 2.45) is 0 Å². The lowest BCUT2D eigenvalue weighted by atomic mass is 10.0. The van der Waals surface area contributed by atoms with Crippen molar-refractivity contribution in [1.29, 1.82) is 0 Å². The molecule has 0 radical (unpaired) electrons. The zero-order valence-electron chi connectivity index (χ0n) is 12.4. The van der Waals surface area contributed by atoms with Crippen LogP contribution in [0.2, 0.25) is 0 Å². The fourth-order valence-electron chi connectivity index (χ4n) is 2.95. The number of thioether (sulfide) groups is 1. The first kappa shape index (κ1) is 14.9. The summed E-state index contributed by atoms with van der Waals surface area (Å²) in [7, 11) is 0. The Morgan fingerprint density at radius 1 is 1.37 bits per heavy atom. The summed E-state index contributed by atoms with van der Waals surface area (Å²) in [6.07, 6.45) is 4.64. The van der Waals surface area contributed by atoms with Crippen LogP contribution in [0.4, 0.5) is 0 Å². The number of nitrogens with one attached hydrogen (secondary N) is 1. The Morgan fingerprint density at radius 3 is 2.63 bits per heavy atom. The molecule has 1 N–H and O–H groups in total. The van der Waals surface area contributed by atoms with E-state index in [2.05, 4.69) is 54.6 Å². The first-order chi connectivity index (χ1) is 9.26. The standard InChI is InChI=1S/C16H26N2S/c1-4-11-18(15-9-10-17-12-15)13(2)14-5-7-16(19-3)8-6-14/h5-8,13,15,17H,4,9-12H2,1-3H3. The van der Waals surface area contributed by atoms with E-state index in [0.29, 0.717) is 12.1 Å². The predicted molar refractivity (Wildman–Crippen MR) is 84.9 cm³/mol. The van der Waals surface area contributed by atoms with E-state index in [1.54, 1.807) is 0 Å². The molecule has 0 amide bonds. The van der Waals surface area contributed by atoms with Crippen molar-refractivity contribution in [3.05, 3.63) is 29.8 Å². The van der Waals surface area contributed by atoms with Crippen LogP contribution in [0.3, 0.4) is 0 Å². The zero-order valence-corrected chi connectivity index (χ0v) is 13.2. The summed E-state index contributed by atoms with van der Waals surface area (Å²) in [6, 6.07) is 10.3. The molecule has 0 spiro atoms. The summed E-state index contributed by atoms with van der Waals surface area (Å²) in [5.74, 6) is 0. The largest absolute Gasteiger partial charge is 0.315 e. The van der Waals surface area contributed by atoms with Gasteiger partial charge in [0.15, 0.2) is 0 Å². The number of hydrogen-bond donors (Lipinski definition) is 1. The summed E-state index contributed by atoms with van der Waals surface area (Å²) in [5.41, 5.74) is 1.44. The molecule has 1 fully saturated rings. The highest BCUT2D eigenvalue weighted by Crippen LogP contribution is 2.26. The maximum atomic E-state index is 3.49. The molecule has 19 heavy (non-hydrogen) atoms. The topological polar surface area (TPSA) is 15.3 Å². The molecule has 1 aliphatic rings. The molecule has 2 atom stereocenters. The Labute approximate surface area is 122 Å². The van der Waals surface area contributed by atoms with Crippen LogP contribution in [-0.4, -0.2) is 36.8 Å². The van der Waals surface area contributed by atoms with Crippen LogP contribution >= 0.6 is 11.8 Å². The SMILES string of the molecule is CCCN(C1CCNC1)C(C)c1ccc(SC)cc1. The average Bonchev–Trinajstić information content (AvgIpc) is 2.98. The van der Waals surface area contributed by atoms with Crippen molar-refractivity contribution >= 4 is 11.8 Å². The molecule has 2 unspecified atom stereocenters. The average molecular weight is 278 g/mol. The molecule has 0 aliphatic carbocycles. The van der Waals surface area contributed by atoms with Gasteiger partial charge in [0.05, 0.1) is 0 Å². The van der Waals surface area contributed by atoms with E-state index in [1.807, 2.05) is 11.8 Å². The number of rotatable bonds is 6. The van der Waals surface area contributed by atoms with Crippen molar-refractivity contribution in [1.82, 2.24) is 10.2 Å². The van der Waals surface area contributed by atoms with Gasteiger partial charge in [-0.05, 0) is 56.8 Å². The lowest BCUT2D eigenvalue weighted by Crippen LogP contribution is -2.39. The van der Waals surface area contributed by atoms with E-state index in [0.717, 1.165) is 6.54 Å².